The molecule has 1 heterocycles. The van der Waals surface area contributed by atoms with E-state index in [0.717, 1.165) is 0 Å². The fraction of sp³-hybridized carbons (Fsp3) is 0.308. The third-order valence-electron chi connectivity index (χ3n) is 6.15. The summed E-state index contributed by atoms with van der Waals surface area (Å²) in [4.78, 5) is 2.69. The second kappa shape index (κ2) is 7.51. The minimum absolute atomic E-state index is 0.254. The molecule has 0 unspecified atom stereocenters. The number of anilines is 1. The summed E-state index contributed by atoms with van der Waals surface area (Å²) in [6, 6.07) is 27.2. The van der Waals surface area contributed by atoms with Crippen molar-refractivity contribution in [2.45, 2.75) is 52.5 Å². The van der Waals surface area contributed by atoms with E-state index < -0.39 is 0 Å². The van der Waals surface area contributed by atoms with E-state index in [2.05, 4.69) is 112 Å². The molecule has 0 amide bonds. The van der Waals surface area contributed by atoms with Crippen LogP contribution in [0.2, 0.25) is 0 Å². The van der Waals surface area contributed by atoms with Crippen LogP contribution in [-0.2, 0) is 0 Å². The zero-order valence-corrected chi connectivity index (χ0v) is 17.7. The Labute approximate surface area is 170 Å². The van der Waals surface area contributed by atoms with Crippen molar-refractivity contribution in [3.05, 3.63) is 89.5 Å². The molecule has 0 saturated heterocycles. The summed E-state index contributed by atoms with van der Waals surface area (Å²) < 4.78 is 0. The van der Waals surface area contributed by atoms with Gasteiger partial charge in [0.25, 0.3) is 0 Å². The van der Waals surface area contributed by atoms with Crippen LogP contribution in [0.4, 0.5) is 5.69 Å². The molecule has 0 bridgehead atoms. The van der Waals surface area contributed by atoms with Gasteiger partial charge in [0.1, 0.15) is 0 Å². The summed E-state index contributed by atoms with van der Waals surface area (Å²) in [5.41, 5.74) is 8.59. The van der Waals surface area contributed by atoms with Gasteiger partial charge in [-0.2, -0.15) is 0 Å². The Hall–Kier alpha value is -2.48. The van der Waals surface area contributed by atoms with Crippen LogP contribution in [0, 0.1) is 0 Å². The van der Waals surface area contributed by atoms with E-state index in [1.54, 1.807) is 0 Å². The van der Waals surface area contributed by atoms with Gasteiger partial charge in [0.2, 0.25) is 0 Å². The van der Waals surface area contributed by atoms with E-state index in [0.29, 0.717) is 17.9 Å². The normalized spacial score (nSPS) is 16.2. The molecule has 0 aromatic heterocycles. The van der Waals surface area contributed by atoms with Crippen LogP contribution in [0.25, 0.3) is 0 Å². The number of hydrogen-bond acceptors (Lipinski definition) is 1. The molecule has 0 spiro atoms. The largest absolute Gasteiger partial charge is 0.400 e. The Morgan fingerprint density at radius 2 is 1.29 bits per heavy atom. The van der Waals surface area contributed by atoms with Crippen LogP contribution < -0.4 is 15.7 Å². The smallest absolute Gasteiger partial charge is 0.324 e. The van der Waals surface area contributed by atoms with Crippen molar-refractivity contribution in [2.24, 2.45) is 0 Å². The lowest BCUT2D eigenvalue weighted by Crippen LogP contribution is -2.52. The summed E-state index contributed by atoms with van der Waals surface area (Å²) in [5.74, 6) is 0.974. The number of rotatable bonds is 4. The lowest BCUT2D eigenvalue weighted by atomic mass is 9.50. The van der Waals surface area contributed by atoms with Crippen LogP contribution in [0.5, 0.6) is 0 Å². The molecular weight excluding hydrogens is 337 g/mol. The monoisotopic (exact) mass is 367 g/mol. The van der Waals surface area contributed by atoms with Crippen LogP contribution in [0.3, 0.4) is 0 Å². The topological polar surface area (TPSA) is 3.24 Å². The predicted octanol–water partition coefficient (Wildman–Crippen LogP) is 5.62. The Balaban J connectivity index is 1.99. The lowest BCUT2D eigenvalue weighted by Gasteiger charge is -2.36. The second-order valence-corrected chi connectivity index (χ2v) is 8.62. The summed E-state index contributed by atoms with van der Waals surface area (Å²) >= 11 is 0. The highest BCUT2D eigenvalue weighted by Gasteiger charge is 2.42. The molecule has 3 aromatic rings. The van der Waals surface area contributed by atoms with Gasteiger partial charge < -0.3 is 4.81 Å². The van der Waals surface area contributed by atoms with Crippen molar-refractivity contribution in [1.82, 2.24) is 0 Å². The highest BCUT2D eigenvalue weighted by molar-refractivity contribution is 6.89. The molecule has 0 aliphatic carbocycles. The van der Waals surface area contributed by atoms with E-state index in [4.69, 9.17) is 0 Å². The maximum atomic E-state index is 2.69. The maximum absolute atomic E-state index is 2.69. The van der Waals surface area contributed by atoms with Crippen molar-refractivity contribution in [3.8, 4) is 0 Å². The summed E-state index contributed by atoms with van der Waals surface area (Å²) in [6.07, 6.45) is 0. The second-order valence-electron chi connectivity index (χ2n) is 8.62. The molecule has 1 aliphatic heterocycles. The fourth-order valence-corrected chi connectivity index (χ4v) is 4.77. The standard InChI is InChI=1S/C26H30BN/c1-18(2)22-15-11-16-23(19(3)4)26(22)28-20(5)24-14-9-10-17-25(24)27(28)21-12-7-6-8-13-21/h6-20H,1-5H3/t20-/m1/s1. The van der Waals surface area contributed by atoms with Crippen LogP contribution >= 0.6 is 0 Å². The molecule has 0 fully saturated rings. The quantitative estimate of drug-likeness (QED) is 0.541. The number of benzene rings is 3. The van der Waals surface area contributed by atoms with Gasteiger partial charge in [-0.25, -0.2) is 0 Å². The third kappa shape index (κ3) is 3.05. The number of hydrogen-bond donors (Lipinski definition) is 0. The number of nitrogens with zero attached hydrogens (tertiary/aromatic N) is 1. The average Bonchev–Trinajstić information content (AvgIpc) is 3.00. The molecule has 1 atom stereocenters. The van der Waals surface area contributed by atoms with Gasteiger partial charge in [-0.1, -0.05) is 106 Å². The maximum Gasteiger partial charge on any atom is 0.324 e. The molecule has 28 heavy (non-hydrogen) atoms. The molecule has 1 aliphatic rings. The predicted molar refractivity (Wildman–Crippen MR) is 123 cm³/mol. The van der Waals surface area contributed by atoms with E-state index >= 15 is 0 Å². The van der Waals surface area contributed by atoms with Crippen molar-refractivity contribution in [1.29, 1.82) is 0 Å². The lowest BCUT2D eigenvalue weighted by molar-refractivity contribution is 0.779. The van der Waals surface area contributed by atoms with Gasteiger partial charge in [0.05, 0.1) is 0 Å². The minimum atomic E-state index is 0.254. The first-order chi connectivity index (χ1) is 13.5. The molecule has 2 heteroatoms. The van der Waals surface area contributed by atoms with Crippen LogP contribution in [0.15, 0.2) is 72.8 Å². The zero-order valence-electron chi connectivity index (χ0n) is 17.7. The molecule has 142 valence electrons. The van der Waals surface area contributed by atoms with E-state index in [-0.39, 0.29) is 6.85 Å². The first-order valence-electron chi connectivity index (χ1n) is 10.6. The van der Waals surface area contributed by atoms with Crippen molar-refractivity contribution in [3.63, 3.8) is 0 Å². The molecule has 0 N–H and O–H groups in total. The molecule has 3 aromatic carbocycles. The number of para-hydroxylation sites is 1. The van der Waals surface area contributed by atoms with Gasteiger partial charge in [-0.05, 0) is 40.9 Å². The van der Waals surface area contributed by atoms with Crippen molar-refractivity contribution in [2.75, 3.05) is 4.81 Å². The van der Waals surface area contributed by atoms with Gasteiger partial charge in [-0.15, -0.1) is 0 Å². The Morgan fingerprint density at radius 3 is 1.89 bits per heavy atom. The van der Waals surface area contributed by atoms with Gasteiger partial charge in [-0.3, -0.25) is 0 Å². The highest BCUT2D eigenvalue weighted by atomic mass is 15.1. The molecule has 1 nitrogen and oxygen atoms in total. The van der Waals surface area contributed by atoms with Gasteiger partial charge in [0, 0.05) is 11.7 Å². The fourth-order valence-electron chi connectivity index (χ4n) is 4.77. The highest BCUT2D eigenvalue weighted by Crippen LogP contribution is 2.41. The molecule has 0 radical (unpaired) electrons. The SMILES string of the molecule is CC(C)c1cccc(C(C)C)c1N1B(c2ccccc2)c2ccccc2[C@H]1C. The van der Waals surface area contributed by atoms with E-state index in [1.165, 1.54) is 33.3 Å². The Kier molecular flexibility index (Phi) is 5.06. The average molecular weight is 367 g/mol. The van der Waals surface area contributed by atoms with Gasteiger partial charge >= 0.3 is 6.85 Å². The van der Waals surface area contributed by atoms with Crippen molar-refractivity contribution < 1.29 is 0 Å². The first kappa shape index (κ1) is 18.9. The first-order valence-corrected chi connectivity index (χ1v) is 10.6. The number of fused-ring (bicyclic) bond motifs is 1. The van der Waals surface area contributed by atoms with Crippen LogP contribution in [0.1, 0.15) is 69.2 Å². The molecule has 0 saturated carbocycles. The molecular formula is C26H30BN. The zero-order chi connectivity index (χ0) is 19.8. The summed E-state index contributed by atoms with van der Waals surface area (Å²) in [5, 5.41) is 0. The third-order valence-corrected chi connectivity index (χ3v) is 6.15. The van der Waals surface area contributed by atoms with E-state index in [9.17, 15) is 0 Å². The minimum Gasteiger partial charge on any atom is -0.400 e. The Bertz CT molecular complexity index is 935. The summed E-state index contributed by atoms with van der Waals surface area (Å²) in [6.45, 7) is 11.9. The summed E-state index contributed by atoms with van der Waals surface area (Å²) in [7, 11) is 0. The van der Waals surface area contributed by atoms with Gasteiger partial charge in [0.15, 0.2) is 0 Å². The van der Waals surface area contributed by atoms with E-state index in [1.807, 2.05) is 0 Å². The van der Waals surface area contributed by atoms with Crippen molar-refractivity contribution >= 4 is 23.5 Å². The molecule has 4 rings (SSSR count). The van der Waals surface area contributed by atoms with Crippen LogP contribution in [-0.4, -0.2) is 6.85 Å². The Morgan fingerprint density at radius 1 is 0.714 bits per heavy atom.